The molecule has 0 aliphatic carbocycles. The van der Waals surface area contributed by atoms with Crippen LogP contribution in [-0.4, -0.2) is 26.4 Å². The standard InChI is InChI=1S/C21H17FN2O3S/c1-23-21(25)19-3-2-4-20(24-19)28(26,27)18-13-9-16(10-14-18)6-5-15-7-11-17(22)12-8-15/h2-14H,1H3,(H,23,25). The Bertz CT molecular complexity index is 1120. The molecule has 0 atom stereocenters. The van der Waals surface area contributed by atoms with Gasteiger partial charge < -0.3 is 5.32 Å². The Morgan fingerprint density at radius 2 is 1.50 bits per heavy atom. The monoisotopic (exact) mass is 396 g/mol. The van der Waals surface area contributed by atoms with Crippen LogP contribution in [0.2, 0.25) is 0 Å². The topological polar surface area (TPSA) is 76.1 Å². The van der Waals surface area contributed by atoms with E-state index in [1.807, 2.05) is 0 Å². The number of nitrogens with zero attached hydrogens (tertiary/aromatic N) is 1. The molecule has 1 amide bonds. The maximum atomic E-state index is 12.9. The fourth-order valence-corrected chi connectivity index (χ4v) is 3.68. The fourth-order valence-electron chi connectivity index (χ4n) is 2.46. The second-order valence-corrected chi connectivity index (χ2v) is 7.79. The Balaban J connectivity index is 1.84. The predicted octanol–water partition coefficient (Wildman–Crippen LogP) is 3.58. The van der Waals surface area contributed by atoms with E-state index < -0.39 is 15.7 Å². The molecule has 0 radical (unpaired) electrons. The number of aromatic nitrogens is 1. The highest BCUT2D eigenvalue weighted by Gasteiger charge is 2.20. The van der Waals surface area contributed by atoms with Crippen molar-refractivity contribution in [1.29, 1.82) is 0 Å². The molecule has 0 unspecified atom stereocenters. The highest BCUT2D eigenvalue weighted by atomic mass is 32.2. The van der Waals surface area contributed by atoms with Crippen molar-refractivity contribution in [3.63, 3.8) is 0 Å². The number of sulfone groups is 1. The normalized spacial score (nSPS) is 11.5. The third-order valence-electron chi connectivity index (χ3n) is 3.99. The van der Waals surface area contributed by atoms with Gasteiger partial charge in [0.2, 0.25) is 9.84 Å². The van der Waals surface area contributed by atoms with Gasteiger partial charge in [-0.1, -0.05) is 42.5 Å². The number of pyridine rings is 1. The Kier molecular flexibility index (Phi) is 5.65. The van der Waals surface area contributed by atoms with E-state index >= 15 is 0 Å². The van der Waals surface area contributed by atoms with Crippen LogP contribution in [0.1, 0.15) is 21.6 Å². The SMILES string of the molecule is CNC(=O)c1cccc(S(=O)(=O)c2ccc(C=Cc3ccc(F)cc3)cc2)n1. The summed E-state index contributed by atoms with van der Waals surface area (Å²) in [5, 5.41) is 2.22. The van der Waals surface area contributed by atoms with Gasteiger partial charge in [-0.2, -0.15) is 0 Å². The highest BCUT2D eigenvalue weighted by Crippen LogP contribution is 2.20. The molecule has 0 bridgehead atoms. The van der Waals surface area contributed by atoms with Gasteiger partial charge in [0.05, 0.1) is 4.90 Å². The highest BCUT2D eigenvalue weighted by molar-refractivity contribution is 7.91. The lowest BCUT2D eigenvalue weighted by Crippen LogP contribution is -2.20. The molecule has 1 heterocycles. The van der Waals surface area contributed by atoms with Crippen LogP contribution in [-0.2, 0) is 9.84 Å². The van der Waals surface area contributed by atoms with E-state index in [2.05, 4.69) is 10.3 Å². The van der Waals surface area contributed by atoms with Crippen LogP contribution in [0.15, 0.2) is 76.7 Å². The van der Waals surface area contributed by atoms with E-state index in [1.165, 1.54) is 49.5 Å². The molecule has 3 aromatic rings. The van der Waals surface area contributed by atoms with E-state index in [1.54, 1.807) is 36.4 Å². The van der Waals surface area contributed by atoms with Crippen molar-refractivity contribution in [2.45, 2.75) is 9.92 Å². The molecule has 0 saturated heterocycles. The smallest absolute Gasteiger partial charge is 0.269 e. The number of halogens is 1. The zero-order chi connectivity index (χ0) is 20.1. The summed E-state index contributed by atoms with van der Waals surface area (Å²) in [6, 6.07) is 16.6. The molecule has 7 heteroatoms. The number of carbonyl (C=O) groups excluding carboxylic acids is 1. The fraction of sp³-hybridized carbons (Fsp3) is 0.0476. The van der Waals surface area contributed by atoms with Crippen molar-refractivity contribution in [2.24, 2.45) is 0 Å². The van der Waals surface area contributed by atoms with Gasteiger partial charge in [0, 0.05) is 7.05 Å². The molecule has 142 valence electrons. The molecule has 1 aromatic heterocycles. The van der Waals surface area contributed by atoms with Gasteiger partial charge in [-0.3, -0.25) is 4.79 Å². The average molecular weight is 396 g/mol. The van der Waals surface area contributed by atoms with Crippen LogP contribution >= 0.6 is 0 Å². The van der Waals surface area contributed by atoms with E-state index in [9.17, 15) is 17.6 Å². The van der Waals surface area contributed by atoms with Gasteiger partial charge in [-0.05, 0) is 47.5 Å². The van der Waals surface area contributed by atoms with Crippen molar-refractivity contribution in [2.75, 3.05) is 7.05 Å². The number of hydrogen-bond acceptors (Lipinski definition) is 4. The Morgan fingerprint density at radius 3 is 2.07 bits per heavy atom. The first-order valence-electron chi connectivity index (χ1n) is 8.38. The minimum Gasteiger partial charge on any atom is -0.354 e. The zero-order valence-electron chi connectivity index (χ0n) is 15.0. The number of benzene rings is 2. The molecule has 0 aliphatic heterocycles. The second kappa shape index (κ2) is 8.14. The molecule has 0 spiro atoms. The third-order valence-corrected chi connectivity index (χ3v) is 5.66. The lowest BCUT2D eigenvalue weighted by atomic mass is 10.1. The molecule has 0 saturated carbocycles. The Hall–Kier alpha value is -3.32. The molecule has 0 fully saturated rings. The van der Waals surface area contributed by atoms with Crippen LogP contribution in [0.3, 0.4) is 0 Å². The first-order chi connectivity index (χ1) is 13.4. The van der Waals surface area contributed by atoms with Crippen LogP contribution < -0.4 is 5.32 Å². The minimum atomic E-state index is -3.85. The van der Waals surface area contributed by atoms with Crippen molar-refractivity contribution in [3.05, 3.63) is 89.4 Å². The summed E-state index contributed by atoms with van der Waals surface area (Å²) < 4.78 is 38.5. The molecule has 28 heavy (non-hydrogen) atoms. The maximum absolute atomic E-state index is 12.9. The first-order valence-corrected chi connectivity index (χ1v) is 9.86. The summed E-state index contributed by atoms with van der Waals surface area (Å²) in [6.07, 6.45) is 3.60. The summed E-state index contributed by atoms with van der Waals surface area (Å²) in [4.78, 5) is 15.7. The minimum absolute atomic E-state index is 0.0300. The Morgan fingerprint density at radius 1 is 0.929 bits per heavy atom. The Labute approximate surface area is 162 Å². The maximum Gasteiger partial charge on any atom is 0.269 e. The number of carbonyl (C=O) groups is 1. The lowest BCUT2D eigenvalue weighted by Gasteiger charge is -2.06. The molecule has 0 aliphatic rings. The largest absolute Gasteiger partial charge is 0.354 e. The molecule has 1 N–H and O–H groups in total. The molecular weight excluding hydrogens is 379 g/mol. The molecule has 2 aromatic carbocycles. The van der Waals surface area contributed by atoms with Crippen molar-refractivity contribution in [1.82, 2.24) is 10.3 Å². The quantitative estimate of drug-likeness (QED) is 0.669. The molecular formula is C21H17FN2O3S. The van der Waals surface area contributed by atoms with E-state index in [-0.39, 0.29) is 21.4 Å². The summed E-state index contributed by atoms with van der Waals surface area (Å²) in [5.74, 6) is -0.765. The van der Waals surface area contributed by atoms with Crippen LogP contribution in [0, 0.1) is 5.82 Å². The van der Waals surface area contributed by atoms with Crippen molar-refractivity contribution >= 4 is 27.9 Å². The number of amides is 1. The van der Waals surface area contributed by atoms with Crippen LogP contribution in [0.25, 0.3) is 12.2 Å². The van der Waals surface area contributed by atoms with E-state index in [0.29, 0.717) is 0 Å². The zero-order valence-corrected chi connectivity index (χ0v) is 15.8. The van der Waals surface area contributed by atoms with Crippen LogP contribution in [0.4, 0.5) is 4.39 Å². The summed E-state index contributed by atoms with van der Waals surface area (Å²) in [7, 11) is -2.40. The van der Waals surface area contributed by atoms with Gasteiger partial charge >= 0.3 is 0 Å². The number of hydrogen-bond donors (Lipinski definition) is 1. The average Bonchev–Trinajstić information content (AvgIpc) is 2.73. The van der Waals surface area contributed by atoms with Gasteiger partial charge in [0.15, 0.2) is 5.03 Å². The third kappa shape index (κ3) is 4.32. The number of nitrogens with one attached hydrogen (secondary N) is 1. The summed E-state index contributed by atoms with van der Waals surface area (Å²) in [5.41, 5.74) is 1.64. The lowest BCUT2D eigenvalue weighted by molar-refractivity contribution is 0.0957. The molecule has 3 rings (SSSR count). The van der Waals surface area contributed by atoms with Gasteiger partial charge in [-0.15, -0.1) is 0 Å². The van der Waals surface area contributed by atoms with Crippen molar-refractivity contribution in [3.8, 4) is 0 Å². The summed E-state index contributed by atoms with van der Waals surface area (Å²) in [6.45, 7) is 0. The van der Waals surface area contributed by atoms with Gasteiger partial charge in [-0.25, -0.2) is 17.8 Å². The van der Waals surface area contributed by atoms with Gasteiger partial charge in [0.1, 0.15) is 11.5 Å². The first kappa shape index (κ1) is 19.4. The molecule has 5 nitrogen and oxygen atoms in total. The predicted molar refractivity (Wildman–Crippen MR) is 105 cm³/mol. The van der Waals surface area contributed by atoms with Gasteiger partial charge in [0.25, 0.3) is 5.91 Å². The van der Waals surface area contributed by atoms with E-state index in [4.69, 9.17) is 0 Å². The van der Waals surface area contributed by atoms with E-state index in [0.717, 1.165) is 11.1 Å². The second-order valence-electron chi connectivity index (χ2n) is 5.90. The number of rotatable bonds is 5. The summed E-state index contributed by atoms with van der Waals surface area (Å²) >= 11 is 0. The van der Waals surface area contributed by atoms with Crippen molar-refractivity contribution < 1.29 is 17.6 Å². The van der Waals surface area contributed by atoms with Crippen LogP contribution in [0.5, 0.6) is 0 Å².